The van der Waals surface area contributed by atoms with Crippen LogP contribution in [0.5, 0.6) is 5.75 Å². The van der Waals surface area contributed by atoms with Crippen molar-refractivity contribution in [2.45, 2.75) is 32.4 Å². The quantitative estimate of drug-likeness (QED) is 0.670. The van der Waals surface area contributed by atoms with E-state index in [1.807, 2.05) is 31.2 Å². The van der Waals surface area contributed by atoms with Gasteiger partial charge in [-0.15, -0.1) is 0 Å². The highest BCUT2D eigenvalue weighted by atomic mass is 16.5. The van der Waals surface area contributed by atoms with Gasteiger partial charge in [-0.05, 0) is 49.6 Å². The number of pyridine rings is 1. The average Bonchev–Trinajstić information content (AvgIpc) is 3.59. The maximum Gasteiger partial charge on any atom is 0.254 e. The molecule has 1 saturated carbocycles. The van der Waals surface area contributed by atoms with Gasteiger partial charge in [-0.3, -0.25) is 9.59 Å². The number of rotatable bonds is 7. The number of carbonyl (C=O) groups excluding carboxylic acids is 1. The average molecular weight is 390 g/mol. The Bertz CT molecular complexity index is 1040. The summed E-state index contributed by atoms with van der Waals surface area (Å²) in [6, 6.07) is 12.4. The van der Waals surface area contributed by atoms with Gasteiger partial charge in [0.2, 0.25) is 5.91 Å². The molecule has 148 valence electrons. The second-order valence-electron chi connectivity index (χ2n) is 7.12. The lowest BCUT2D eigenvalue weighted by Crippen LogP contribution is -2.22. The van der Waals surface area contributed by atoms with E-state index in [1.165, 1.54) is 6.07 Å². The summed E-state index contributed by atoms with van der Waals surface area (Å²) in [5.41, 5.74) is 1.59. The fourth-order valence-corrected chi connectivity index (χ4v) is 3.03. The first-order chi connectivity index (χ1) is 14.1. The molecule has 1 aliphatic carbocycles. The molecule has 2 aromatic heterocycles. The summed E-state index contributed by atoms with van der Waals surface area (Å²) < 4.78 is 7.25. The largest absolute Gasteiger partial charge is 0.485 e. The number of hydrogen-bond acceptors (Lipinski definition) is 5. The normalized spacial score (nSPS) is 14.2. The van der Waals surface area contributed by atoms with Crippen molar-refractivity contribution in [3.63, 3.8) is 0 Å². The Kier molecular flexibility index (Phi) is 5.37. The third-order valence-corrected chi connectivity index (χ3v) is 4.93. The lowest BCUT2D eigenvalue weighted by Gasteiger charge is -2.17. The van der Waals surface area contributed by atoms with Crippen LogP contribution in [-0.2, 0) is 11.4 Å². The summed E-state index contributed by atoms with van der Waals surface area (Å²) in [6.07, 6.45) is 6.96. The number of hydrogen-bond donors (Lipinski definition) is 1. The van der Waals surface area contributed by atoms with E-state index in [2.05, 4.69) is 15.3 Å². The smallest absolute Gasteiger partial charge is 0.254 e. The van der Waals surface area contributed by atoms with E-state index in [9.17, 15) is 9.59 Å². The molecule has 0 aliphatic heterocycles. The van der Waals surface area contributed by atoms with Crippen LogP contribution in [0.2, 0.25) is 0 Å². The topological polar surface area (TPSA) is 86.1 Å². The number of nitrogens with zero attached hydrogens (tertiary/aromatic N) is 3. The van der Waals surface area contributed by atoms with Crippen LogP contribution < -0.4 is 15.6 Å². The predicted molar refractivity (Wildman–Crippen MR) is 109 cm³/mol. The Labute approximate surface area is 168 Å². The van der Waals surface area contributed by atoms with Crippen molar-refractivity contribution >= 4 is 11.6 Å². The summed E-state index contributed by atoms with van der Waals surface area (Å²) in [5.74, 6) is 1.28. The molecule has 29 heavy (non-hydrogen) atoms. The highest BCUT2D eigenvalue weighted by Crippen LogP contribution is 2.30. The molecular formula is C22H22N4O3. The molecule has 1 unspecified atom stereocenters. The standard InChI is InChI=1S/C22H22N4O3/c1-15(16-5-7-18(8-6-16)25-22(28)17-3-4-17)26-12-9-19(13-21(26)27)29-14-20-23-10-2-11-24-20/h2,5-13,15,17H,3-4,14H2,1H3,(H,25,28). The first-order valence-corrected chi connectivity index (χ1v) is 9.62. The summed E-state index contributed by atoms with van der Waals surface area (Å²) in [7, 11) is 0. The summed E-state index contributed by atoms with van der Waals surface area (Å²) in [6.45, 7) is 2.16. The molecule has 1 N–H and O–H groups in total. The lowest BCUT2D eigenvalue weighted by atomic mass is 10.1. The monoisotopic (exact) mass is 390 g/mol. The molecule has 7 heteroatoms. The van der Waals surface area contributed by atoms with E-state index in [0.717, 1.165) is 24.1 Å². The van der Waals surface area contributed by atoms with Gasteiger partial charge in [-0.2, -0.15) is 0 Å². The van der Waals surface area contributed by atoms with Gasteiger partial charge in [0.05, 0.1) is 6.04 Å². The van der Waals surface area contributed by atoms with Crippen LogP contribution >= 0.6 is 0 Å². The molecule has 3 aromatic rings. The van der Waals surface area contributed by atoms with E-state index >= 15 is 0 Å². The number of benzene rings is 1. The minimum absolute atomic E-state index is 0.0820. The van der Waals surface area contributed by atoms with Crippen molar-refractivity contribution in [3.8, 4) is 5.75 Å². The SMILES string of the molecule is CC(c1ccc(NC(=O)C2CC2)cc1)n1ccc(OCc2ncccn2)cc1=O. The zero-order valence-electron chi connectivity index (χ0n) is 16.1. The molecule has 1 aliphatic rings. The summed E-state index contributed by atoms with van der Waals surface area (Å²) in [5, 5.41) is 2.92. The number of aromatic nitrogens is 3. The Morgan fingerprint density at radius 2 is 1.93 bits per heavy atom. The third-order valence-electron chi connectivity index (χ3n) is 4.93. The van der Waals surface area contributed by atoms with Gasteiger partial charge >= 0.3 is 0 Å². The first-order valence-electron chi connectivity index (χ1n) is 9.62. The van der Waals surface area contributed by atoms with Gasteiger partial charge in [-0.25, -0.2) is 9.97 Å². The van der Waals surface area contributed by atoms with Crippen molar-refractivity contribution in [3.05, 3.63) is 82.8 Å². The number of anilines is 1. The lowest BCUT2D eigenvalue weighted by molar-refractivity contribution is -0.117. The van der Waals surface area contributed by atoms with Crippen molar-refractivity contribution < 1.29 is 9.53 Å². The van der Waals surface area contributed by atoms with Crippen LogP contribution in [0.4, 0.5) is 5.69 Å². The highest BCUT2D eigenvalue weighted by molar-refractivity contribution is 5.94. The van der Waals surface area contributed by atoms with Crippen molar-refractivity contribution in [2.75, 3.05) is 5.32 Å². The first kappa shape index (κ1) is 18.9. The zero-order chi connectivity index (χ0) is 20.2. The maximum absolute atomic E-state index is 12.6. The molecule has 1 amide bonds. The Morgan fingerprint density at radius 3 is 2.59 bits per heavy atom. The number of ether oxygens (including phenoxy) is 1. The van der Waals surface area contributed by atoms with Crippen molar-refractivity contribution in [2.24, 2.45) is 5.92 Å². The van der Waals surface area contributed by atoms with Gasteiger partial charge in [0.1, 0.15) is 12.4 Å². The van der Waals surface area contributed by atoms with Crippen LogP contribution in [0.15, 0.2) is 65.8 Å². The Balaban J connectivity index is 1.42. The molecule has 4 rings (SSSR count). The second-order valence-corrected chi connectivity index (χ2v) is 7.12. The molecule has 1 fully saturated rings. The van der Waals surface area contributed by atoms with Gasteiger partial charge in [0.15, 0.2) is 5.82 Å². The molecule has 0 spiro atoms. The van der Waals surface area contributed by atoms with E-state index < -0.39 is 0 Å². The zero-order valence-corrected chi connectivity index (χ0v) is 16.1. The molecule has 1 aromatic carbocycles. The van der Waals surface area contributed by atoms with Crippen LogP contribution in [0.1, 0.15) is 37.2 Å². The molecular weight excluding hydrogens is 368 g/mol. The van der Waals surface area contributed by atoms with Crippen molar-refractivity contribution in [1.29, 1.82) is 0 Å². The van der Waals surface area contributed by atoms with Crippen molar-refractivity contribution in [1.82, 2.24) is 14.5 Å². The minimum atomic E-state index is -0.157. The molecule has 0 bridgehead atoms. The molecule has 0 radical (unpaired) electrons. The van der Waals surface area contributed by atoms with Gasteiger partial charge in [-0.1, -0.05) is 12.1 Å². The van der Waals surface area contributed by atoms with Crippen LogP contribution in [-0.4, -0.2) is 20.4 Å². The number of carbonyl (C=O) groups is 1. The predicted octanol–water partition coefficient (Wildman–Crippen LogP) is 3.18. The summed E-state index contributed by atoms with van der Waals surface area (Å²) >= 11 is 0. The van der Waals surface area contributed by atoms with Gasteiger partial charge < -0.3 is 14.6 Å². The van der Waals surface area contributed by atoms with E-state index in [4.69, 9.17) is 4.74 Å². The van der Waals surface area contributed by atoms with E-state index in [-0.39, 0.29) is 30.0 Å². The molecule has 2 heterocycles. The second kappa shape index (κ2) is 8.26. The van der Waals surface area contributed by atoms with E-state index in [0.29, 0.717) is 11.6 Å². The molecule has 0 saturated heterocycles. The molecule has 1 atom stereocenters. The van der Waals surface area contributed by atoms with Crippen LogP contribution in [0, 0.1) is 5.92 Å². The maximum atomic E-state index is 12.6. The highest BCUT2D eigenvalue weighted by Gasteiger charge is 2.29. The van der Waals surface area contributed by atoms with Crippen LogP contribution in [0.25, 0.3) is 0 Å². The minimum Gasteiger partial charge on any atom is -0.485 e. The summed E-state index contributed by atoms with van der Waals surface area (Å²) in [4.78, 5) is 32.6. The molecule has 7 nitrogen and oxygen atoms in total. The van der Waals surface area contributed by atoms with Crippen LogP contribution in [0.3, 0.4) is 0 Å². The Hall–Kier alpha value is -3.48. The van der Waals surface area contributed by atoms with E-state index in [1.54, 1.807) is 35.3 Å². The number of nitrogens with one attached hydrogen (secondary N) is 1. The fourth-order valence-electron chi connectivity index (χ4n) is 3.03. The fraction of sp³-hybridized carbons (Fsp3) is 0.273. The van der Waals surface area contributed by atoms with Gasteiger partial charge in [0, 0.05) is 36.3 Å². The number of amides is 1. The Morgan fingerprint density at radius 1 is 1.21 bits per heavy atom. The van der Waals surface area contributed by atoms with Gasteiger partial charge in [0.25, 0.3) is 5.56 Å². The third kappa shape index (κ3) is 4.68.